The van der Waals surface area contributed by atoms with Crippen molar-refractivity contribution >= 4 is 0 Å². The minimum atomic E-state index is -0.218. The first kappa shape index (κ1) is 13.9. The van der Waals surface area contributed by atoms with Gasteiger partial charge in [0.15, 0.2) is 0 Å². The summed E-state index contributed by atoms with van der Waals surface area (Å²) in [6.07, 6.45) is 3.28. The Morgan fingerprint density at radius 1 is 1.35 bits per heavy atom. The standard InChI is InChI=1S/C16H24N2O2/c1-20-14-5-4-13-3-2-6-16(12-19,15(13)11-14)18-9-7-17-8-10-18/h4-5,11,17,19H,2-3,6-10,12H2,1H3. The van der Waals surface area contributed by atoms with E-state index in [-0.39, 0.29) is 12.1 Å². The van der Waals surface area contributed by atoms with Crippen molar-refractivity contribution in [2.24, 2.45) is 0 Å². The molecule has 1 atom stereocenters. The zero-order valence-corrected chi connectivity index (χ0v) is 12.2. The van der Waals surface area contributed by atoms with Gasteiger partial charge < -0.3 is 15.2 Å². The molecular weight excluding hydrogens is 252 g/mol. The van der Waals surface area contributed by atoms with Gasteiger partial charge in [-0.25, -0.2) is 0 Å². The van der Waals surface area contributed by atoms with Gasteiger partial charge in [0.05, 0.1) is 19.3 Å². The number of rotatable bonds is 3. The maximum atomic E-state index is 10.2. The summed E-state index contributed by atoms with van der Waals surface area (Å²) in [6, 6.07) is 6.33. The van der Waals surface area contributed by atoms with Crippen LogP contribution in [0.2, 0.25) is 0 Å². The third-order valence-electron chi connectivity index (χ3n) is 4.84. The van der Waals surface area contributed by atoms with Gasteiger partial charge in [0.25, 0.3) is 0 Å². The molecule has 0 radical (unpaired) electrons. The Balaban J connectivity index is 2.03. The number of benzene rings is 1. The van der Waals surface area contributed by atoms with Gasteiger partial charge in [0.1, 0.15) is 5.75 Å². The second-order valence-corrected chi connectivity index (χ2v) is 5.80. The Morgan fingerprint density at radius 2 is 2.15 bits per heavy atom. The Morgan fingerprint density at radius 3 is 2.85 bits per heavy atom. The molecule has 110 valence electrons. The summed E-state index contributed by atoms with van der Waals surface area (Å²) in [6.45, 7) is 4.18. The highest BCUT2D eigenvalue weighted by Crippen LogP contribution is 2.41. The minimum Gasteiger partial charge on any atom is -0.497 e. The zero-order valence-electron chi connectivity index (χ0n) is 12.2. The van der Waals surface area contributed by atoms with Crippen LogP contribution in [0.3, 0.4) is 0 Å². The van der Waals surface area contributed by atoms with Gasteiger partial charge in [-0.2, -0.15) is 0 Å². The molecule has 2 N–H and O–H groups in total. The van der Waals surface area contributed by atoms with Crippen molar-refractivity contribution in [3.8, 4) is 5.75 Å². The molecule has 0 aromatic heterocycles. The predicted molar refractivity (Wildman–Crippen MR) is 79.1 cm³/mol. The normalized spacial score (nSPS) is 27.1. The molecule has 1 unspecified atom stereocenters. The van der Waals surface area contributed by atoms with E-state index in [0.717, 1.165) is 51.2 Å². The van der Waals surface area contributed by atoms with E-state index in [4.69, 9.17) is 4.74 Å². The maximum Gasteiger partial charge on any atom is 0.119 e. The fourth-order valence-electron chi connectivity index (χ4n) is 3.73. The van der Waals surface area contributed by atoms with Crippen molar-refractivity contribution < 1.29 is 9.84 Å². The molecule has 0 bridgehead atoms. The molecule has 1 heterocycles. The summed E-state index contributed by atoms with van der Waals surface area (Å²) in [7, 11) is 1.70. The van der Waals surface area contributed by atoms with E-state index < -0.39 is 0 Å². The van der Waals surface area contributed by atoms with Crippen LogP contribution in [0.25, 0.3) is 0 Å². The van der Waals surface area contributed by atoms with E-state index in [9.17, 15) is 5.11 Å². The largest absolute Gasteiger partial charge is 0.497 e. The minimum absolute atomic E-state index is 0.188. The van der Waals surface area contributed by atoms with Gasteiger partial charge in [-0.15, -0.1) is 0 Å². The number of nitrogens with zero attached hydrogens (tertiary/aromatic N) is 1. The van der Waals surface area contributed by atoms with Crippen LogP contribution in [0.5, 0.6) is 5.75 Å². The summed E-state index contributed by atoms with van der Waals surface area (Å²) < 4.78 is 5.39. The summed E-state index contributed by atoms with van der Waals surface area (Å²) in [5.74, 6) is 0.888. The molecule has 0 saturated carbocycles. The van der Waals surface area contributed by atoms with Crippen LogP contribution in [0.1, 0.15) is 24.0 Å². The van der Waals surface area contributed by atoms with Crippen molar-refractivity contribution in [2.75, 3.05) is 39.9 Å². The first-order valence-corrected chi connectivity index (χ1v) is 7.54. The predicted octanol–water partition coefficient (Wildman–Crippen LogP) is 1.12. The van der Waals surface area contributed by atoms with Gasteiger partial charge in [-0.1, -0.05) is 6.07 Å². The molecule has 4 nitrogen and oxygen atoms in total. The van der Waals surface area contributed by atoms with Crippen molar-refractivity contribution in [2.45, 2.75) is 24.8 Å². The van der Waals surface area contributed by atoms with Gasteiger partial charge in [0.2, 0.25) is 0 Å². The van der Waals surface area contributed by atoms with Crippen LogP contribution < -0.4 is 10.1 Å². The van der Waals surface area contributed by atoms with Crippen molar-refractivity contribution in [1.29, 1.82) is 0 Å². The van der Waals surface area contributed by atoms with Crippen LogP contribution in [0.15, 0.2) is 18.2 Å². The summed E-state index contributed by atoms with van der Waals surface area (Å²) in [5, 5.41) is 13.6. The highest BCUT2D eigenvalue weighted by atomic mass is 16.5. The van der Waals surface area contributed by atoms with Crippen LogP contribution in [0.4, 0.5) is 0 Å². The lowest BCUT2D eigenvalue weighted by Crippen LogP contribution is -2.57. The van der Waals surface area contributed by atoms with E-state index in [1.807, 2.05) is 6.07 Å². The van der Waals surface area contributed by atoms with Crippen molar-refractivity contribution in [1.82, 2.24) is 10.2 Å². The molecule has 1 aromatic rings. The second kappa shape index (κ2) is 5.72. The fourth-order valence-corrected chi connectivity index (χ4v) is 3.73. The zero-order chi connectivity index (χ0) is 14.0. The lowest BCUT2D eigenvalue weighted by atomic mass is 9.75. The van der Waals surface area contributed by atoms with E-state index in [1.54, 1.807) is 7.11 Å². The molecular formula is C16H24N2O2. The Bertz CT molecular complexity index is 472. The van der Waals surface area contributed by atoms with Crippen molar-refractivity contribution in [3.05, 3.63) is 29.3 Å². The number of ether oxygens (including phenoxy) is 1. The topological polar surface area (TPSA) is 44.7 Å². The number of hydrogen-bond acceptors (Lipinski definition) is 4. The summed E-state index contributed by atoms with van der Waals surface area (Å²) >= 11 is 0. The maximum absolute atomic E-state index is 10.2. The molecule has 20 heavy (non-hydrogen) atoms. The SMILES string of the molecule is COc1ccc2c(c1)C(CO)(N1CCNCC1)CCC2. The van der Waals surface area contributed by atoms with Crippen LogP contribution >= 0.6 is 0 Å². The van der Waals surface area contributed by atoms with Gasteiger partial charge >= 0.3 is 0 Å². The average molecular weight is 276 g/mol. The number of nitrogens with one attached hydrogen (secondary N) is 1. The monoisotopic (exact) mass is 276 g/mol. The molecule has 1 aromatic carbocycles. The van der Waals surface area contributed by atoms with E-state index in [0.29, 0.717) is 0 Å². The van der Waals surface area contributed by atoms with E-state index in [2.05, 4.69) is 22.3 Å². The number of aliphatic hydroxyl groups excluding tert-OH is 1. The number of aryl methyl sites for hydroxylation is 1. The first-order valence-electron chi connectivity index (χ1n) is 7.54. The first-order chi connectivity index (χ1) is 9.80. The number of piperazine rings is 1. The number of fused-ring (bicyclic) bond motifs is 1. The lowest BCUT2D eigenvalue weighted by Gasteiger charge is -2.48. The Kier molecular flexibility index (Phi) is 3.96. The Hall–Kier alpha value is -1.10. The third kappa shape index (κ3) is 2.22. The molecule has 1 aliphatic carbocycles. The highest BCUT2D eigenvalue weighted by molar-refractivity contribution is 5.42. The lowest BCUT2D eigenvalue weighted by molar-refractivity contribution is 0.00389. The van der Waals surface area contributed by atoms with Crippen LogP contribution in [-0.4, -0.2) is 49.9 Å². The fraction of sp³-hybridized carbons (Fsp3) is 0.625. The number of aliphatic hydroxyl groups is 1. The quantitative estimate of drug-likeness (QED) is 0.868. The summed E-state index contributed by atoms with van der Waals surface area (Å²) in [5.41, 5.74) is 2.42. The van der Waals surface area contributed by atoms with Crippen molar-refractivity contribution in [3.63, 3.8) is 0 Å². The smallest absolute Gasteiger partial charge is 0.119 e. The molecule has 0 spiro atoms. The molecule has 1 saturated heterocycles. The molecule has 0 amide bonds. The molecule has 1 aliphatic heterocycles. The number of hydrogen-bond donors (Lipinski definition) is 2. The molecule has 2 aliphatic rings. The Labute approximate surface area is 120 Å². The van der Waals surface area contributed by atoms with Gasteiger partial charge in [0, 0.05) is 26.2 Å². The summed E-state index contributed by atoms with van der Waals surface area (Å²) in [4.78, 5) is 2.46. The van der Waals surface area contributed by atoms with Crippen LogP contribution in [-0.2, 0) is 12.0 Å². The van der Waals surface area contributed by atoms with Gasteiger partial charge in [-0.3, -0.25) is 4.90 Å². The van der Waals surface area contributed by atoms with Gasteiger partial charge in [-0.05, 0) is 42.5 Å². The molecule has 1 fully saturated rings. The van der Waals surface area contributed by atoms with E-state index >= 15 is 0 Å². The average Bonchev–Trinajstić information content (AvgIpc) is 2.54. The third-order valence-corrected chi connectivity index (χ3v) is 4.84. The van der Waals surface area contributed by atoms with E-state index in [1.165, 1.54) is 11.1 Å². The second-order valence-electron chi connectivity index (χ2n) is 5.80. The number of methoxy groups -OCH3 is 1. The highest BCUT2D eigenvalue weighted by Gasteiger charge is 2.41. The van der Waals surface area contributed by atoms with Crippen LogP contribution in [0, 0.1) is 0 Å². The molecule has 4 heteroatoms. The molecule has 3 rings (SSSR count).